The van der Waals surface area contributed by atoms with Gasteiger partial charge in [0.2, 0.25) is 0 Å². The van der Waals surface area contributed by atoms with Crippen molar-refractivity contribution in [1.29, 1.82) is 0 Å². The predicted octanol–water partition coefficient (Wildman–Crippen LogP) is 3.50. The summed E-state index contributed by atoms with van der Waals surface area (Å²) in [5.74, 6) is 0.677. The number of aromatic nitrogens is 4. The molecule has 0 bridgehead atoms. The third-order valence-corrected chi connectivity index (χ3v) is 5.76. The Morgan fingerprint density at radius 2 is 1.62 bits per heavy atom. The first-order chi connectivity index (χ1) is 15.7. The van der Waals surface area contributed by atoms with Crippen molar-refractivity contribution in [2.45, 2.75) is 12.6 Å². The quantitative estimate of drug-likeness (QED) is 0.461. The van der Waals surface area contributed by atoms with Crippen LogP contribution in [0.25, 0.3) is 0 Å². The monoisotopic (exact) mass is 436 g/mol. The summed E-state index contributed by atoms with van der Waals surface area (Å²) in [7, 11) is 0. The number of rotatable bonds is 6. The molecular formula is C23H22F2N6O. The molecule has 0 radical (unpaired) electrons. The Hall–Kier alpha value is -3.59. The molecule has 2 aromatic heterocycles. The molecule has 5 rings (SSSR count). The van der Waals surface area contributed by atoms with Crippen LogP contribution in [0.15, 0.2) is 71.3 Å². The van der Waals surface area contributed by atoms with Crippen molar-refractivity contribution >= 4 is 5.69 Å². The van der Waals surface area contributed by atoms with Gasteiger partial charge in [0.1, 0.15) is 30.0 Å². The molecule has 1 saturated heterocycles. The van der Waals surface area contributed by atoms with Crippen molar-refractivity contribution in [2.24, 2.45) is 0 Å². The molecule has 1 aliphatic rings. The van der Waals surface area contributed by atoms with Crippen LogP contribution in [0.2, 0.25) is 0 Å². The van der Waals surface area contributed by atoms with Crippen LogP contribution in [-0.4, -0.2) is 51.3 Å². The predicted molar refractivity (Wildman–Crippen MR) is 114 cm³/mol. The van der Waals surface area contributed by atoms with E-state index in [2.05, 4.69) is 20.4 Å². The Kier molecular flexibility index (Phi) is 5.64. The van der Waals surface area contributed by atoms with Crippen molar-refractivity contribution < 1.29 is 13.2 Å². The minimum Gasteiger partial charge on any atom is -0.467 e. The summed E-state index contributed by atoms with van der Waals surface area (Å²) in [4.78, 5) is 4.15. The second-order valence-electron chi connectivity index (χ2n) is 7.67. The first-order valence-electron chi connectivity index (χ1n) is 10.5. The lowest BCUT2D eigenvalue weighted by Gasteiger charge is -2.40. The third kappa shape index (κ3) is 3.99. The van der Waals surface area contributed by atoms with Crippen molar-refractivity contribution in [3.05, 3.63) is 95.7 Å². The highest BCUT2D eigenvalue weighted by atomic mass is 19.1. The van der Waals surface area contributed by atoms with Crippen LogP contribution >= 0.6 is 0 Å². The zero-order chi connectivity index (χ0) is 21.9. The Morgan fingerprint density at radius 3 is 2.34 bits per heavy atom. The van der Waals surface area contributed by atoms with Crippen LogP contribution in [-0.2, 0) is 6.54 Å². The van der Waals surface area contributed by atoms with Gasteiger partial charge in [0, 0.05) is 31.7 Å². The Morgan fingerprint density at radius 1 is 0.875 bits per heavy atom. The number of furan rings is 1. The average Bonchev–Trinajstić information content (AvgIpc) is 3.49. The number of piperazine rings is 1. The summed E-state index contributed by atoms with van der Waals surface area (Å²) in [6, 6.07) is 16.6. The molecule has 1 fully saturated rings. The fourth-order valence-electron chi connectivity index (χ4n) is 4.20. The largest absolute Gasteiger partial charge is 0.467 e. The summed E-state index contributed by atoms with van der Waals surface area (Å²) >= 11 is 0. The number of hydrogen-bond acceptors (Lipinski definition) is 6. The lowest BCUT2D eigenvalue weighted by molar-refractivity contribution is 0.197. The SMILES string of the molecule is Fc1ccccc1[C@@H](c1nnnn1Cc1ccco1)N1CCN(c2ccccc2F)CC1. The molecule has 0 spiro atoms. The molecule has 164 valence electrons. The number of tetrazole rings is 1. The van der Waals surface area contributed by atoms with E-state index in [9.17, 15) is 8.78 Å². The van der Waals surface area contributed by atoms with Crippen molar-refractivity contribution in [1.82, 2.24) is 25.1 Å². The van der Waals surface area contributed by atoms with E-state index in [0.717, 1.165) is 0 Å². The van der Waals surface area contributed by atoms with Gasteiger partial charge < -0.3 is 9.32 Å². The van der Waals surface area contributed by atoms with Crippen LogP contribution in [0.4, 0.5) is 14.5 Å². The molecule has 2 aromatic carbocycles. The summed E-state index contributed by atoms with van der Waals surface area (Å²) < 4.78 is 36.3. The van der Waals surface area contributed by atoms with Crippen molar-refractivity contribution in [3.8, 4) is 0 Å². The normalized spacial score (nSPS) is 15.8. The molecule has 0 amide bonds. The maximum Gasteiger partial charge on any atom is 0.173 e. The van der Waals surface area contributed by atoms with Crippen LogP contribution in [0.1, 0.15) is 23.2 Å². The Balaban J connectivity index is 1.45. The van der Waals surface area contributed by atoms with Crippen LogP contribution in [0.3, 0.4) is 0 Å². The third-order valence-electron chi connectivity index (χ3n) is 5.76. The lowest BCUT2D eigenvalue weighted by Crippen LogP contribution is -2.48. The first-order valence-corrected chi connectivity index (χ1v) is 10.5. The molecule has 3 heterocycles. The first kappa shape index (κ1) is 20.3. The zero-order valence-corrected chi connectivity index (χ0v) is 17.3. The second kappa shape index (κ2) is 8.88. The van der Waals surface area contributed by atoms with E-state index in [1.807, 2.05) is 23.1 Å². The fourth-order valence-corrected chi connectivity index (χ4v) is 4.20. The topological polar surface area (TPSA) is 63.2 Å². The Bertz CT molecular complexity index is 1170. The second-order valence-corrected chi connectivity index (χ2v) is 7.67. The number of nitrogens with zero attached hydrogens (tertiary/aromatic N) is 6. The minimum atomic E-state index is -0.482. The minimum absolute atomic E-state index is 0.242. The molecule has 0 saturated carbocycles. The number of halogens is 2. The van der Waals surface area contributed by atoms with E-state index in [1.54, 1.807) is 41.3 Å². The maximum absolute atomic E-state index is 14.9. The van der Waals surface area contributed by atoms with E-state index >= 15 is 0 Å². The van der Waals surface area contributed by atoms with Crippen LogP contribution in [0, 0.1) is 11.6 Å². The molecule has 0 N–H and O–H groups in total. The lowest BCUT2D eigenvalue weighted by atomic mass is 10.0. The highest BCUT2D eigenvalue weighted by Crippen LogP contribution is 2.31. The fraction of sp³-hybridized carbons (Fsp3) is 0.261. The van der Waals surface area contributed by atoms with E-state index < -0.39 is 6.04 Å². The van der Waals surface area contributed by atoms with Crippen molar-refractivity contribution in [2.75, 3.05) is 31.1 Å². The summed E-state index contributed by atoms with van der Waals surface area (Å²) in [5.41, 5.74) is 1.08. The van der Waals surface area contributed by atoms with Crippen LogP contribution < -0.4 is 4.90 Å². The highest BCUT2D eigenvalue weighted by Gasteiger charge is 2.32. The maximum atomic E-state index is 14.9. The van der Waals surface area contributed by atoms with Gasteiger partial charge in [-0.2, -0.15) is 0 Å². The van der Waals surface area contributed by atoms with Gasteiger partial charge in [-0.15, -0.1) is 5.10 Å². The van der Waals surface area contributed by atoms with E-state index in [0.29, 0.717) is 55.6 Å². The summed E-state index contributed by atoms with van der Waals surface area (Å²) in [6.45, 7) is 2.74. The van der Waals surface area contributed by atoms with Crippen molar-refractivity contribution in [3.63, 3.8) is 0 Å². The molecule has 1 atom stereocenters. The zero-order valence-electron chi connectivity index (χ0n) is 17.3. The van der Waals surface area contributed by atoms with E-state index in [1.165, 1.54) is 12.1 Å². The number of hydrogen-bond donors (Lipinski definition) is 0. The molecule has 0 unspecified atom stereocenters. The summed E-state index contributed by atoms with van der Waals surface area (Å²) in [6.07, 6.45) is 1.59. The van der Waals surface area contributed by atoms with Gasteiger partial charge in [0.25, 0.3) is 0 Å². The standard InChI is InChI=1S/C23H22F2N6O/c24-19-8-2-1-7-18(19)22(23-26-27-28-31(23)16-17-6-5-15-32-17)30-13-11-29(12-14-30)21-10-4-3-9-20(21)25/h1-10,15,22H,11-14,16H2/t22-/m0/s1. The molecule has 1 aliphatic heterocycles. The Labute approximate surface area is 183 Å². The molecule has 7 nitrogen and oxygen atoms in total. The molecular weight excluding hydrogens is 414 g/mol. The average molecular weight is 436 g/mol. The van der Waals surface area contributed by atoms with Gasteiger partial charge in [-0.3, -0.25) is 4.90 Å². The smallest absolute Gasteiger partial charge is 0.173 e. The van der Waals surface area contributed by atoms with Gasteiger partial charge in [-0.25, -0.2) is 13.5 Å². The van der Waals surface area contributed by atoms with Gasteiger partial charge in [0.05, 0.1) is 12.0 Å². The highest BCUT2D eigenvalue weighted by molar-refractivity contribution is 5.48. The van der Waals surface area contributed by atoms with E-state index in [-0.39, 0.29) is 11.6 Å². The van der Waals surface area contributed by atoms with Crippen LogP contribution in [0.5, 0.6) is 0 Å². The number of benzene rings is 2. The van der Waals surface area contributed by atoms with Gasteiger partial charge in [-0.05, 0) is 40.8 Å². The van der Waals surface area contributed by atoms with Gasteiger partial charge in [-0.1, -0.05) is 30.3 Å². The number of anilines is 1. The molecule has 9 heteroatoms. The van der Waals surface area contributed by atoms with Gasteiger partial charge in [0.15, 0.2) is 5.82 Å². The molecule has 32 heavy (non-hydrogen) atoms. The van der Waals surface area contributed by atoms with E-state index in [4.69, 9.17) is 4.42 Å². The molecule has 0 aliphatic carbocycles. The molecule has 4 aromatic rings. The summed E-state index contributed by atoms with van der Waals surface area (Å²) in [5, 5.41) is 12.2. The number of para-hydroxylation sites is 1. The van der Waals surface area contributed by atoms with Gasteiger partial charge >= 0.3 is 0 Å².